The topological polar surface area (TPSA) is 22.1 Å². The van der Waals surface area contributed by atoms with Gasteiger partial charge in [-0.05, 0) is 44.2 Å². The second-order valence-electron chi connectivity index (χ2n) is 5.21. The molecule has 0 N–H and O–H groups in total. The quantitative estimate of drug-likeness (QED) is 0.727. The molecule has 1 heterocycles. The molecule has 1 saturated carbocycles. The van der Waals surface area contributed by atoms with E-state index in [0.717, 1.165) is 24.6 Å². The van der Waals surface area contributed by atoms with E-state index in [-0.39, 0.29) is 5.38 Å². The highest BCUT2D eigenvalue weighted by atomic mass is 35.5. The Balaban J connectivity index is 1.77. The molecule has 2 unspecified atom stereocenters. The Kier molecular flexibility index (Phi) is 5.02. The highest BCUT2D eigenvalue weighted by Gasteiger charge is 2.32. The first-order valence-electron chi connectivity index (χ1n) is 6.87. The standard InChI is InChI=1S/C15H22ClNO/c1-3-18-13-8-12(9-13)10-14(16)11(2)15-6-4-5-7-17-15/h4-7,11-14H,3,8-10H2,1-2H3. The van der Waals surface area contributed by atoms with Crippen LogP contribution >= 0.6 is 11.6 Å². The summed E-state index contributed by atoms with van der Waals surface area (Å²) in [6, 6.07) is 6.03. The highest BCUT2D eigenvalue weighted by molar-refractivity contribution is 6.21. The number of aromatic nitrogens is 1. The van der Waals surface area contributed by atoms with Crippen LogP contribution in [0.3, 0.4) is 0 Å². The van der Waals surface area contributed by atoms with Crippen LogP contribution in [0.4, 0.5) is 0 Å². The Hall–Kier alpha value is -0.600. The summed E-state index contributed by atoms with van der Waals surface area (Å²) in [7, 11) is 0. The van der Waals surface area contributed by atoms with E-state index >= 15 is 0 Å². The zero-order valence-electron chi connectivity index (χ0n) is 11.2. The lowest BCUT2D eigenvalue weighted by Gasteiger charge is -2.36. The molecule has 100 valence electrons. The third-order valence-electron chi connectivity index (χ3n) is 3.85. The van der Waals surface area contributed by atoms with E-state index in [1.807, 2.05) is 18.3 Å². The molecule has 1 aromatic heterocycles. The van der Waals surface area contributed by atoms with Crippen molar-refractivity contribution >= 4 is 11.6 Å². The van der Waals surface area contributed by atoms with Gasteiger partial charge in [-0.25, -0.2) is 0 Å². The first kappa shape index (κ1) is 13.8. The number of pyridine rings is 1. The van der Waals surface area contributed by atoms with E-state index in [1.54, 1.807) is 0 Å². The first-order valence-corrected chi connectivity index (χ1v) is 7.31. The van der Waals surface area contributed by atoms with Gasteiger partial charge in [-0.1, -0.05) is 13.0 Å². The van der Waals surface area contributed by atoms with Gasteiger partial charge in [0.25, 0.3) is 0 Å². The van der Waals surface area contributed by atoms with Crippen molar-refractivity contribution in [2.24, 2.45) is 5.92 Å². The van der Waals surface area contributed by atoms with Crippen molar-refractivity contribution in [1.29, 1.82) is 0 Å². The Morgan fingerprint density at radius 3 is 2.83 bits per heavy atom. The lowest BCUT2D eigenvalue weighted by Crippen LogP contribution is -2.33. The van der Waals surface area contributed by atoms with E-state index < -0.39 is 0 Å². The lowest BCUT2D eigenvalue weighted by molar-refractivity contribution is -0.0270. The maximum atomic E-state index is 6.52. The van der Waals surface area contributed by atoms with Gasteiger partial charge in [0.05, 0.1) is 6.10 Å². The molecule has 0 bridgehead atoms. The molecular weight excluding hydrogens is 246 g/mol. The predicted molar refractivity (Wildman–Crippen MR) is 75.0 cm³/mol. The fraction of sp³-hybridized carbons (Fsp3) is 0.667. The Bertz CT molecular complexity index is 351. The van der Waals surface area contributed by atoms with Crippen molar-refractivity contribution in [2.75, 3.05) is 6.61 Å². The molecule has 1 fully saturated rings. The van der Waals surface area contributed by atoms with Gasteiger partial charge in [0, 0.05) is 29.8 Å². The third kappa shape index (κ3) is 3.46. The van der Waals surface area contributed by atoms with E-state index in [9.17, 15) is 0 Å². The molecule has 0 aliphatic heterocycles. The summed E-state index contributed by atoms with van der Waals surface area (Å²) in [5, 5.41) is 0.174. The lowest BCUT2D eigenvalue weighted by atomic mass is 9.77. The average molecular weight is 268 g/mol. The van der Waals surface area contributed by atoms with Gasteiger partial charge >= 0.3 is 0 Å². The van der Waals surface area contributed by atoms with Crippen LogP contribution in [0.15, 0.2) is 24.4 Å². The number of hydrogen-bond acceptors (Lipinski definition) is 2. The molecule has 0 spiro atoms. The smallest absolute Gasteiger partial charge is 0.0580 e. The summed E-state index contributed by atoms with van der Waals surface area (Å²) in [6.45, 7) is 5.05. The molecule has 2 nitrogen and oxygen atoms in total. The molecule has 1 aliphatic carbocycles. The number of hydrogen-bond donors (Lipinski definition) is 0. The molecule has 1 aliphatic rings. The normalized spacial score (nSPS) is 26.4. The monoisotopic (exact) mass is 267 g/mol. The van der Waals surface area contributed by atoms with Gasteiger partial charge in [0.1, 0.15) is 0 Å². The minimum Gasteiger partial charge on any atom is -0.378 e. The summed E-state index contributed by atoms with van der Waals surface area (Å²) in [5.74, 6) is 1.05. The van der Waals surface area contributed by atoms with E-state index in [1.165, 1.54) is 12.8 Å². The summed E-state index contributed by atoms with van der Waals surface area (Å²) in [6.07, 6.45) is 5.74. The maximum Gasteiger partial charge on any atom is 0.0580 e. The van der Waals surface area contributed by atoms with Crippen LogP contribution in [-0.2, 0) is 4.74 Å². The van der Waals surface area contributed by atoms with Crippen molar-refractivity contribution in [2.45, 2.75) is 50.5 Å². The van der Waals surface area contributed by atoms with Crippen LogP contribution in [0.2, 0.25) is 0 Å². The zero-order chi connectivity index (χ0) is 13.0. The molecule has 3 heteroatoms. The summed E-state index contributed by atoms with van der Waals surface area (Å²) >= 11 is 6.52. The van der Waals surface area contributed by atoms with Crippen molar-refractivity contribution in [3.63, 3.8) is 0 Å². The molecule has 1 aromatic rings. The highest BCUT2D eigenvalue weighted by Crippen LogP contribution is 2.37. The number of alkyl halides is 1. The molecule has 18 heavy (non-hydrogen) atoms. The fourth-order valence-electron chi connectivity index (χ4n) is 2.59. The number of nitrogens with zero attached hydrogens (tertiary/aromatic N) is 1. The Morgan fingerprint density at radius 2 is 2.22 bits per heavy atom. The van der Waals surface area contributed by atoms with Crippen LogP contribution in [0.1, 0.15) is 44.7 Å². The average Bonchev–Trinajstić information content (AvgIpc) is 2.36. The van der Waals surface area contributed by atoms with E-state index in [2.05, 4.69) is 24.9 Å². The van der Waals surface area contributed by atoms with Gasteiger partial charge in [-0.2, -0.15) is 0 Å². The molecule has 0 saturated heterocycles. The second-order valence-corrected chi connectivity index (χ2v) is 5.77. The van der Waals surface area contributed by atoms with Crippen LogP contribution in [0.25, 0.3) is 0 Å². The minimum atomic E-state index is 0.174. The number of rotatable bonds is 6. The first-order chi connectivity index (χ1) is 8.70. The Morgan fingerprint density at radius 1 is 1.44 bits per heavy atom. The van der Waals surface area contributed by atoms with Gasteiger partial charge in [-0.3, -0.25) is 4.98 Å². The van der Waals surface area contributed by atoms with Crippen LogP contribution < -0.4 is 0 Å². The molecular formula is C15H22ClNO. The van der Waals surface area contributed by atoms with Gasteiger partial charge in [-0.15, -0.1) is 11.6 Å². The van der Waals surface area contributed by atoms with E-state index in [4.69, 9.17) is 16.3 Å². The molecule has 2 rings (SSSR count). The zero-order valence-corrected chi connectivity index (χ0v) is 11.9. The van der Waals surface area contributed by atoms with Crippen molar-refractivity contribution in [3.8, 4) is 0 Å². The van der Waals surface area contributed by atoms with Gasteiger partial charge in [0.2, 0.25) is 0 Å². The molecule has 0 aromatic carbocycles. The maximum absolute atomic E-state index is 6.52. The SMILES string of the molecule is CCOC1CC(CC(Cl)C(C)c2ccccn2)C1. The van der Waals surface area contributed by atoms with Crippen LogP contribution in [-0.4, -0.2) is 23.1 Å². The van der Waals surface area contributed by atoms with Crippen molar-refractivity contribution in [3.05, 3.63) is 30.1 Å². The predicted octanol–water partition coefficient (Wildman–Crippen LogP) is 4.00. The number of halogens is 1. The second kappa shape index (κ2) is 6.53. The van der Waals surface area contributed by atoms with Crippen molar-refractivity contribution < 1.29 is 4.74 Å². The molecule has 0 amide bonds. The molecule has 0 radical (unpaired) electrons. The molecule has 2 atom stereocenters. The van der Waals surface area contributed by atoms with Gasteiger partial charge < -0.3 is 4.74 Å². The largest absolute Gasteiger partial charge is 0.378 e. The van der Waals surface area contributed by atoms with Gasteiger partial charge in [0.15, 0.2) is 0 Å². The summed E-state index contributed by atoms with van der Waals surface area (Å²) in [4.78, 5) is 4.39. The summed E-state index contributed by atoms with van der Waals surface area (Å²) in [5.41, 5.74) is 1.10. The van der Waals surface area contributed by atoms with Crippen LogP contribution in [0.5, 0.6) is 0 Å². The summed E-state index contributed by atoms with van der Waals surface area (Å²) < 4.78 is 5.58. The van der Waals surface area contributed by atoms with Crippen LogP contribution in [0, 0.1) is 5.92 Å². The number of ether oxygens (including phenoxy) is 1. The van der Waals surface area contributed by atoms with Crippen molar-refractivity contribution in [1.82, 2.24) is 4.98 Å². The van der Waals surface area contributed by atoms with E-state index in [0.29, 0.717) is 12.0 Å². The minimum absolute atomic E-state index is 0.174. The third-order valence-corrected chi connectivity index (χ3v) is 4.41. The Labute approximate surface area is 115 Å². The fourth-order valence-corrected chi connectivity index (χ4v) is 2.97.